The molecule has 1 amide bonds. The molecule has 6 fully saturated rings. The maximum atomic E-state index is 13.1. The largest absolute Gasteiger partial charge is 0.478 e. The van der Waals surface area contributed by atoms with Gasteiger partial charge in [0.2, 0.25) is 5.91 Å². The van der Waals surface area contributed by atoms with Crippen molar-refractivity contribution in [3.05, 3.63) is 53.6 Å². The summed E-state index contributed by atoms with van der Waals surface area (Å²) in [5.74, 6) is 3.13. The van der Waals surface area contributed by atoms with Crippen LogP contribution in [0.5, 0.6) is 0 Å². The van der Waals surface area contributed by atoms with E-state index in [0.29, 0.717) is 57.8 Å². The zero-order chi connectivity index (χ0) is 38.3. The fourth-order valence-electron chi connectivity index (χ4n) is 15.4. The van der Waals surface area contributed by atoms with Gasteiger partial charge < -0.3 is 15.3 Å². The van der Waals surface area contributed by atoms with E-state index in [4.69, 9.17) is 0 Å². The zero-order valence-corrected chi connectivity index (χ0v) is 34.7. The van der Waals surface area contributed by atoms with Crippen LogP contribution in [0.15, 0.2) is 42.5 Å². The Morgan fingerprint density at radius 3 is 2.20 bits per heavy atom. The lowest BCUT2D eigenvalue weighted by Gasteiger charge is -2.72. The van der Waals surface area contributed by atoms with Gasteiger partial charge in [0, 0.05) is 50.7 Å². The van der Waals surface area contributed by atoms with Crippen LogP contribution in [0.3, 0.4) is 0 Å². The molecule has 54 heavy (non-hydrogen) atoms. The van der Waals surface area contributed by atoms with Crippen LogP contribution in [0.1, 0.15) is 141 Å². The van der Waals surface area contributed by atoms with Crippen molar-refractivity contribution in [3.63, 3.8) is 0 Å². The number of nitrogens with zero attached hydrogens (tertiary/aromatic N) is 2. The number of hydrogen-bond acceptors (Lipinski definition) is 4. The lowest BCUT2D eigenvalue weighted by Crippen LogP contribution is -2.68. The summed E-state index contributed by atoms with van der Waals surface area (Å²) in [5.41, 5.74) is 5.45. The standard InChI is InChI=1S/C48H71N3O3/c1-32(2)36-18-23-48(49-26-27-50-28-30-51(31-29-50)42(52)34-10-8-9-11-34)25-24-46(6)38(41(36)48)16-17-40-45(5)21-19-37(33-12-14-35(15-13-33)43(53)54)44(3,4)39(45)20-22-47(40,46)7/h12-15,19,34,36,38-41,49H,1,8-11,16-18,20-31H2,2-7H3,(H,53,54). The van der Waals surface area contributed by atoms with E-state index in [1.165, 1.54) is 80.9 Å². The Labute approximate surface area is 327 Å². The minimum absolute atomic E-state index is 0.0249. The number of benzene rings is 1. The number of allylic oxidation sites excluding steroid dienone is 3. The van der Waals surface area contributed by atoms with Crippen molar-refractivity contribution in [1.29, 1.82) is 0 Å². The van der Waals surface area contributed by atoms with Crippen LogP contribution in [-0.4, -0.2) is 71.6 Å². The first-order valence-corrected chi connectivity index (χ1v) is 22.1. The summed E-state index contributed by atoms with van der Waals surface area (Å²) in [6.45, 7) is 26.0. The highest BCUT2D eigenvalue weighted by atomic mass is 16.4. The second-order valence-electron chi connectivity index (χ2n) is 20.8. The predicted molar refractivity (Wildman–Crippen MR) is 219 cm³/mol. The van der Waals surface area contributed by atoms with Crippen molar-refractivity contribution in [1.82, 2.24) is 15.1 Å². The number of piperazine rings is 1. The first kappa shape index (κ1) is 38.4. The minimum Gasteiger partial charge on any atom is -0.478 e. The minimum atomic E-state index is -0.859. The summed E-state index contributed by atoms with van der Waals surface area (Å²) >= 11 is 0. The quantitative estimate of drug-likeness (QED) is 0.260. The molecular formula is C48H71N3O3. The fraction of sp³-hybridized carbons (Fsp3) is 0.750. The van der Waals surface area contributed by atoms with E-state index < -0.39 is 5.97 Å². The average molecular weight is 738 g/mol. The monoisotopic (exact) mass is 738 g/mol. The van der Waals surface area contributed by atoms with Crippen LogP contribution in [0, 0.1) is 57.2 Å². The number of carboxylic acid groups (broad SMARTS) is 1. The molecule has 296 valence electrons. The van der Waals surface area contributed by atoms with E-state index in [-0.39, 0.29) is 16.4 Å². The average Bonchev–Trinajstić information content (AvgIpc) is 3.81. The smallest absolute Gasteiger partial charge is 0.335 e. The molecule has 6 heteroatoms. The number of aromatic carboxylic acids is 1. The van der Waals surface area contributed by atoms with Gasteiger partial charge in [0.1, 0.15) is 0 Å². The van der Waals surface area contributed by atoms with Gasteiger partial charge in [0.25, 0.3) is 0 Å². The molecule has 5 saturated carbocycles. The molecule has 2 N–H and O–H groups in total. The normalized spacial score (nSPS) is 40.6. The molecule has 8 rings (SSSR count). The molecule has 7 aliphatic rings. The van der Waals surface area contributed by atoms with Crippen LogP contribution in [0.4, 0.5) is 0 Å². The van der Waals surface area contributed by atoms with Crippen molar-refractivity contribution in [2.45, 2.75) is 131 Å². The second kappa shape index (κ2) is 13.9. The topological polar surface area (TPSA) is 72.9 Å². The SMILES string of the molecule is C=C(C)C1CCC2(NCCN3CCN(C(=O)C4CCCC4)CC3)CCC3(C)C(CCC4C5(C)CC=C(c6ccc(C(=O)O)cc6)C(C)(C)C5CCC43C)C12. The Morgan fingerprint density at radius 2 is 1.54 bits per heavy atom. The number of nitrogens with one attached hydrogen (secondary N) is 1. The Kier molecular flexibility index (Phi) is 9.89. The number of carbonyl (C=O) groups excluding carboxylic acids is 1. The van der Waals surface area contributed by atoms with Gasteiger partial charge in [-0.15, -0.1) is 0 Å². The summed E-state index contributed by atoms with van der Waals surface area (Å²) in [6.07, 6.45) is 18.7. The van der Waals surface area contributed by atoms with E-state index in [9.17, 15) is 14.7 Å². The Balaban J connectivity index is 0.985. The van der Waals surface area contributed by atoms with Crippen LogP contribution < -0.4 is 5.32 Å². The summed E-state index contributed by atoms with van der Waals surface area (Å²) < 4.78 is 0. The molecule has 0 aromatic heterocycles. The lowest BCUT2D eigenvalue weighted by molar-refractivity contribution is -0.219. The molecule has 9 atom stereocenters. The fourth-order valence-corrected chi connectivity index (χ4v) is 15.4. The number of rotatable bonds is 8. The zero-order valence-electron chi connectivity index (χ0n) is 34.7. The molecule has 9 unspecified atom stereocenters. The molecule has 0 spiro atoms. The first-order chi connectivity index (χ1) is 25.6. The van der Waals surface area contributed by atoms with E-state index >= 15 is 0 Å². The van der Waals surface area contributed by atoms with E-state index in [1.807, 2.05) is 12.1 Å². The Morgan fingerprint density at radius 1 is 0.833 bits per heavy atom. The molecule has 1 saturated heterocycles. The molecule has 1 aromatic carbocycles. The number of carboxylic acids is 1. The number of fused-ring (bicyclic) bond motifs is 7. The molecule has 1 aromatic rings. The second-order valence-corrected chi connectivity index (χ2v) is 20.8. The highest BCUT2D eigenvalue weighted by Gasteiger charge is 2.70. The summed E-state index contributed by atoms with van der Waals surface area (Å²) in [7, 11) is 0. The Bertz CT molecular complexity index is 1650. The van der Waals surface area contributed by atoms with Crippen molar-refractivity contribution in [3.8, 4) is 0 Å². The van der Waals surface area contributed by atoms with Crippen LogP contribution in [0.2, 0.25) is 0 Å². The summed E-state index contributed by atoms with van der Waals surface area (Å²) in [6, 6.07) is 7.65. The third-order valence-corrected chi connectivity index (χ3v) is 18.4. The van der Waals surface area contributed by atoms with Crippen molar-refractivity contribution >= 4 is 17.4 Å². The maximum absolute atomic E-state index is 13.1. The van der Waals surface area contributed by atoms with Gasteiger partial charge in [0.15, 0.2) is 0 Å². The number of carbonyl (C=O) groups is 2. The molecule has 1 heterocycles. The summed E-state index contributed by atoms with van der Waals surface area (Å²) in [5, 5.41) is 13.9. The first-order valence-electron chi connectivity index (χ1n) is 22.1. The molecule has 0 radical (unpaired) electrons. The molecule has 6 nitrogen and oxygen atoms in total. The third-order valence-electron chi connectivity index (χ3n) is 18.4. The van der Waals surface area contributed by atoms with Crippen LogP contribution in [-0.2, 0) is 4.79 Å². The summed E-state index contributed by atoms with van der Waals surface area (Å²) in [4.78, 5) is 29.4. The lowest BCUT2D eigenvalue weighted by atomic mass is 9.33. The van der Waals surface area contributed by atoms with Crippen LogP contribution >= 0.6 is 0 Å². The van der Waals surface area contributed by atoms with Gasteiger partial charge in [-0.2, -0.15) is 0 Å². The van der Waals surface area contributed by atoms with E-state index in [1.54, 1.807) is 12.1 Å². The molecular weight excluding hydrogens is 667 g/mol. The van der Waals surface area contributed by atoms with Gasteiger partial charge in [-0.3, -0.25) is 9.69 Å². The Hall–Kier alpha value is -2.44. The highest BCUT2D eigenvalue weighted by Crippen LogP contribution is 2.76. The molecule has 1 aliphatic heterocycles. The number of amides is 1. The van der Waals surface area contributed by atoms with Gasteiger partial charge in [-0.25, -0.2) is 4.79 Å². The molecule has 6 aliphatic carbocycles. The van der Waals surface area contributed by atoms with Crippen LogP contribution in [0.25, 0.3) is 5.57 Å². The highest BCUT2D eigenvalue weighted by molar-refractivity contribution is 5.88. The van der Waals surface area contributed by atoms with Gasteiger partial charge in [-0.05, 0) is 152 Å². The van der Waals surface area contributed by atoms with E-state index in [2.05, 4.69) is 69.3 Å². The van der Waals surface area contributed by atoms with Crippen molar-refractivity contribution in [2.24, 2.45) is 57.2 Å². The van der Waals surface area contributed by atoms with Gasteiger partial charge >= 0.3 is 5.97 Å². The third kappa shape index (κ3) is 5.92. The van der Waals surface area contributed by atoms with Gasteiger partial charge in [0.05, 0.1) is 5.56 Å². The van der Waals surface area contributed by atoms with E-state index in [0.717, 1.165) is 58.5 Å². The number of hydrogen-bond donors (Lipinski definition) is 2. The van der Waals surface area contributed by atoms with Crippen molar-refractivity contribution < 1.29 is 14.7 Å². The van der Waals surface area contributed by atoms with Gasteiger partial charge in [-0.1, -0.05) is 77.8 Å². The van der Waals surface area contributed by atoms with Crippen molar-refractivity contribution in [2.75, 3.05) is 39.3 Å². The maximum Gasteiger partial charge on any atom is 0.335 e. The molecule has 0 bridgehead atoms. The predicted octanol–water partition coefficient (Wildman–Crippen LogP) is 9.71.